The van der Waals surface area contributed by atoms with Gasteiger partial charge in [0.1, 0.15) is 0 Å². The van der Waals surface area contributed by atoms with Crippen LogP contribution in [0.4, 0.5) is 10.5 Å². The molecule has 0 aliphatic heterocycles. The van der Waals surface area contributed by atoms with Gasteiger partial charge < -0.3 is 15.4 Å². The normalized spacial score (nSPS) is 14.0. The Morgan fingerprint density at radius 3 is 2.64 bits per heavy atom. The van der Waals surface area contributed by atoms with Gasteiger partial charge in [-0.1, -0.05) is 23.2 Å². The Balaban J connectivity index is 2.03. The second-order valence-electron chi connectivity index (χ2n) is 4.74. The Hall–Kier alpha value is -1.72. The molecular weight excluding hydrogens is 327 g/mol. The summed E-state index contributed by atoms with van der Waals surface area (Å²) in [6.07, 6.45) is 2.07. The van der Waals surface area contributed by atoms with E-state index in [0.717, 1.165) is 6.42 Å². The molecule has 0 fully saturated rings. The second kappa shape index (κ2) is 7.51. The number of urea groups is 1. The molecule has 1 aliphatic carbocycles. The van der Waals surface area contributed by atoms with Gasteiger partial charge in [-0.05, 0) is 44.4 Å². The van der Waals surface area contributed by atoms with Gasteiger partial charge in [0.2, 0.25) is 0 Å². The molecule has 118 valence electrons. The van der Waals surface area contributed by atoms with Crippen molar-refractivity contribution < 1.29 is 14.3 Å². The van der Waals surface area contributed by atoms with Gasteiger partial charge in [0.25, 0.3) is 0 Å². The highest BCUT2D eigenvalue weighted by Gasteiger charge is 2.23. The van der Waals surface area contributed by atoms with Crippen molar-refractivity contribution in [2.45, 2.75) is 26.2 Å². The molecule has 1 aliphatic rings. The van der Waals surface area contributed by atoms with E-state index in [4.69, 9.17) is 27.9 Å². The average molecular weight is 343 g/mol. The number of benzene rings is 1. The van der Waals surface area contributed by atoms with Crippen molar-refractivity contribution in [2.75, 3.05) is 11.9 Å². The zero-order chi connectivity index (χ0) is 16.1. The van der Waals surface area contributed by atoms with E-state index in [1.54, 1.807) is 25.1 Å². The predicted molar refractivity (Wildman–Crippen MR) is 86.1 cm³/mol. The maximum atomic E-state index is 12.0. The number of carbonyl (C=O) groups excluding carboxylic acids is 2. The number of allylic oxidation sites excluding steroid dienone is 1. The zero-order valence-electron chi connectivity index (χ0n) is 12.0. The van der Waals surface area contributed by atoms with Crippen molar-refractivity contribution in [2.24, 2.45) is 0 Å². The third-order valence-electron chi connectivity index (χ3n) is 3.18. The van der Waals surface area contributed by atoms with Crippen LogP contribution >= 0.6 is 23.2 Å². The second-order valence-corrected chi connectivity index (χ2v) is 5.55. The van der Waals surface area contributed by atoms with E-state index < -0.39 is 6.03 Å². The van der Waals surface area contributed by atoms with Crippen molar-refractivity contribution in [1.29, 1.82) is 0 Å². The lowest BCUT2D eigenvalue weighted by Gasteiger charge is -2.11. The SMILES string of the molecule is CCOC(=O)C1=C(NC(=O)Nc2ccc(Cl)c(Cl)c2)CCC1. The molecule has 0 unspecified atom stereocenters. The molecule has 2 N–H and O–H groups in total. The van der Waals surface area contributed by atoms with Crippen LogP contribution in [0, 0.1) is 0 Å². The average Bonchev–Trinajstić information content (AvgIpc) is 2.91. The minimum atomic E-state index is -0.433. The van der Waals surface area contributed by atoms with Crippen LogP contribution in [-0.2, 0) is 9.53 Å². The number of hydrogen-bond donors (Lipinski definition) is 2. The van der Waals surface area contributed by atoms with Crippen LogP contribution < -0.4 is 10.6 Å². The number of halogens is 2. The fraction of sp³-hybridized carbons (Fsp3) is 0.333. The molecule has 2 amide bonds. The molecule has 1 aromatic rings. The smallest absolute Gasteiger partial charge is 0.335 e. The molecule has 0 spiro atoms. The molecule has 1 aromatic carbocycles. The predicted octanol–water partition coefficient (Wildman–Crippen LogP) is 4.12. The minimum Gasteiger partial charge on any atom is -0.463 e. The standard InChI is InChI=1S/C15H16Cl2N2O3/c1-2-22-14(20)10-4-3-5-13(10)19-15(21)18-9-6-7-11(16)12(17)8-9/h6-8H,2-5H2,1H3,(H2,18,19,21). The summed E-state index contributed by atoms with van der Waals surface area (Å²) < 4.78 is 4.98. The van der Waals surface area contributed by atoms with Crippen molar-refractivity contribution in [1.82, 2.24) is 5.32 Å². The lowest BCUT2D eigenvalue weighted by atomic mass is 10.2. The van der Waals surface area contributed by atoms with E-state index in [-0.39, 0.29) is 5.97 Å². The Kier molecular flexibility index (Phi) is 5.69. The monoisotopic (exact) mass is 342 g/mol. The summed E-state index contributed by atoms with van der Waals surface area (Å²) in [7, 11) is 0. The van der Waals surface area contributed by atoms with E-state index in [9.17, 15) is 9.59 Å². The van der Waals surface area contributed by atoms with Crippen LogP contribution in [0.25, 0.3) is 0 Å². The lowest BCUT2D eigenvalue weighted by Crippen LogP contribution is -2.29. The number of rotatable bonds is 4. The molecule has 0 bridgehead atoms. The van der Waals surface area contributed by atoms with Crippen molar-refractivity contribution >= 4 is 40.9 Å². The summed E-state index contributed by atoms with van der Waals surface area (Å²) in [5.41, 5.74) is 1.66. The third kappa shape index (κ3) is 4.15. The number of nitrogens with one attached hydrogen (secondary N) is 2. The number of esters is 1. The number of hydrogen-bond acceptors (Lipinski definition) is 3. The van der Waals surface area contributed by atoms with Crippen molar-refractivity contribution in [3.8, 4) is 0 Å². The van der Waals surface area contributed by atoms with Gasteiger partial charge in [-0.25, -0.2) is 9.59 Å². The highest BCUT2D eigenvalue weighted by Crippen LogP contribution is 2.26. The number of carbonyl (C=O) groups is 2. The van der Waals surface area contributed by atoms with E-state index in [1.165, 1.54) is 0 Å². The van der Waals surface area contributed by atoms with E-state index in [0.29, 0.717) is 46.5 Å². The van der Waals surface area contributed by atoms with Gasteiger partial charge in [0.05, 0.1) is 22.2 Å². The molecule has 0 aromatic heterocycles. The topological polar surface area (TPSA) is 67.4 Å². The molecule has 0 saturated carbocycles. The first-order valence-electron chi connectivity index (χ1n) is 6.93. The fourth-order valence-electron chi connectivity index (χ4n) is 2.20. The maximum absolute atomic E-state index is 12.0. The van der Waals surface area contributed by atoms with Gasteiger partial charge in [-0.15, -0.1) is 0 Å². The van der Waals surface area contributed by atoms with Gasteiger partial charge in [-0.2, -0.15) is 0 Å². The van der Waals surface area contributed by atoms with Crippen molar-refractivity contribution in [3.63, 3.8) is 0 Å². The molecule has 2 rings (SSSR count). The minimum absolute atomic E-state index is 0.311. The van der Waals surface area contributed by atoms with Crippen LogP contribution in [0.1, 0.15) is 26.2 Å². The number of amides is 2. The summed E-state index contributed by atoms with van der Waals surface area (Å²) in [6, 6.07) is 4.36. The summed E-state index contributed by atoms with van der Waals surface area (Å²) in [5, 5.41) is 6.12. The summed E-state index contributed by atoms with van der Waals surface area (Å²) in [4.78, 5) is 23.8. The first-order valence-corrected chi connectivity index (χ1v) is 7.69. The Labute approximate surface area is 138 Å². The summed E-state index contributed by atoms with van der Waals surface area (Å²) in [5.74, 6) is -0.371. The molecule has 0 atom stereocenters. The number of anilines is 1. The van der Waals surface area contributed by atoms with Gasteiger partial charge in [0.15, 0.2) is 0 Å². The highest BCUT2D eigenvalue weighted by molar-refractivity contribution is 6.42. The summed E-state index contributed by atoms with van der Waals surface area (Å²) in [6.45, 7) is 2.06. The van der Waals surface area contributed by atoms with E-state index >= 15 is 0 Å². The maximum Gasteiger partial charge on any atom is 0.335 e. The molecule has 22 heavy (non-hydrogen) atoms. The van der Waals surface area contributed by atoms with Crippen molar-refractivity contribution in [3.05, 3.63) is 39.5 Å². The van der Waals surface area contributed by atoms with Crippen LogP contribution in [0.2, 0.25) is 10.0 Å². The quantitative estimate of drug-likeness (QED) is 0.809. The van der Waals surface area contributed by atoms with Gasteiger partial charge in [-0.3, -0.25) is 0 Å². The molecule has 5 nitrogen and oxygen atoms in total. The van der Waals surface area contributed by atoms with Crippen LogP contribution in [0.3, 0.4) is 0 Å². The Morgan fingerprint density at radius 1 is 1.18 bits per heavy atom. The zero-order valence-corrected chi connectivity index (χ0v) is 13.6. The lowest BCUT2D eigenvalue weighted by molar-refractivity contribution is -0.138. The molecular formula is C15H16Cl2N2O3. The Bertz CT molecular complexity index is 629. The van der Waals surface area contributed by atoms with E-state index in [1.807, 2.05) is 0 Å². The van der Waals surface area contributed by atoms with E-state index in [2.05, 4.69) is 10.6 Å². The molecule has 0 radical (unpaired) electrons. The van der Waals surface area contributed by atoms with Gasteiger partial charge >= 0.3 is 12.0 Å². The molecule has 7 heteroatoms. The van der Waals surface area contributed by atoms with Crippen LogP contribution in [0.5, 0.6) is 0 Å². The largest absolute Gasteiger partial charge is 0.463 e. The summed E-state index contributed by atoms with van der Waals surface area (Å²) >= 11 is 11.7. The molecule has 0 heterocycles. The fourth-order valence-corrected chi connectivity index (χ4v) is 2.50. The highest BCUT2D eigenvalue weighted by atomic mass is 35.5. The third-order valence-corrected chi connectivity index (χ3v) is 3.92. The van der Waals surface area contributed by atoms with Gasteiger partial charge in [0, 0.05) is 11.4 Å². The first-order chi connectivity index (χ1) is 10.5. The van der Waals surface area contributed by atoms with Crippen LogP contribution in [-0.4, -0.2) is 18.6 Å². The molecule has 0 saturated heterocycles. The Morgan fingerprint density at radius 2 is 1.95 bits per heavy atom. The van der Waals surface area contributed by atoms with Crippen LogP contribution in [0.15, 0.2) is 29.5 Å². The number of ether oxygens (including phenoxy) is 1. The first kappa shape index (κ1) is 16.6.